The van der Waals surface area contributed by atoms with Crippen molar-refractivity contribution in [2.24, 2.45) is 5.41 Å². The smallest absolute Gasteiger partial charge is 0.303 e. The maximum Gasteiger partial charge on any atom is 0.303 e. The Morgan fingerprint density at radius 3 is 2.67 bits per heavy atom. The minimum atomic E-state index is -1.32. The maximum absolute atomic E-state index is 15.7. The molecule has 1 N–H and O–H groups in total. The van der Waals surface area contributed by atoms with Gasteiger partial charge in [-0.05, 0) is 87.3 Å². The van der Waals surface area contributed by atoms with E-state index in [0.29, 0.717) is 28.6 Å². The number of halogens is 2. The number of hydrogen-bond donors (Lipinski definition) is 1. The number of carboxylic acid groups (broad SMARTS) is 1. The van der Waals surface area contributed by atoms with Crippen LogP contribution in [0.1, 0.15) is 55.8 Å². The van der Waals surface area contributed by atoms with E-state index < -0.39 is 17.6 Å². The first-order chi connectivity index (χ1) is 17.4. The summed E-state index contributed by atoms with van der Waals surface area (Å²) in [6.07, 6.45) is 4.58. The van der Waals surface area contributed by atoms with Crippen molar-refractivity contribution in [3.63, 3.8) is 0 Å². The van der Waals surface area contributed by atoms with Crippen LogP contribution in [0.2, 0.25) is 5.02 Å². The van der Waals surface area contributed by atoms with Crippen molar-refractivity contribution in [1.82, 2.24) is 9.88 Å². The van der Waals surface area contributed by atoms with E-state index in [1.165, 1.54) is 11.8 Å². The minimum Gasteiger partial charge on any atom is -0.497 e. The van der Waals surface area contributed by atoms with Gasteiger partial charge in [-0.2, -0.15) is 0 Å². The zero-order valence-electron chi connectivity index (χ0n) is 20.8. The van der Waals surface area contributed by atoms with Crippen LogP contribution in [-0.4, -0.2) is 47.7 Å². The van der Waals surface area contributed by atoms with Gasteiger partial charge in [0.05, 0.1) is 24.1 Å². The van der Waals surface area contributed by atoms with Crippen LogP contribution in [0.15, 0.2) is 54.7 Å². The minimum absolute atomic E-state index is 0.0657. The van der Waals surface area contributed by atoms with Crippen LogP contribution in [0.4, 0.5) is 4.39 Å². The molecule has 2 heterocycles. The van der Waals surface area contributed by atoms with Gasteiger partial charge in [-0.3, -0.25) is 9.78 Å². The molecule has 3 aromatic rings. The first-order valence-electron chi connectivity index (χ1n) is 12.6. The molecule has 0 aliphatic carbocycles. The van der Waals surface area contributed by atoms with Crippen molar-refractivity contribution >= 4 is 28.5 Å². The number of carbonyl (C=O) groups is 1. The number of aromatic nitrogens is 1. The third kappa shape index (κ3) is 6.54. The molecule has 2 aromatic carbocycles. The normalized spacial score (nSPS) is 16.6. The van der Waals surface area contributed by atoms with E-state index in [1.54, 1.807) is 25.3 Å². The van der Waals surface area contributed by atoms with Gasteiger partial charge >= 0.3 is 5.97 Å². The number of carboxylic acids is 1. The number of nitrogens with zero attached hydrogens (tertiary/aromatic N) is 2. The Kier molecular flexibility index (Phi) is 8.81. The molecule has 0 saturated carbocycles. The summed E-state index contributed by atoms with van der Waals surface area (Å²) in [4.78, 5) is 18.5. The summed E-state index contributed by atoms with van der Waals surface area (Å²) in [5.74, 6) is -0.206. The van der Waals surface area contributed by atoms with Crippen molar-refractivity contribution in [3.05, 3.63) is 70.9 Å². The molecular formula is C29H34ClFN2O3. The second kappa shape index (κ2) is 12.0. The molecule has 0 unspecified atom stereocenters. The molecule has 0 radical (unpaired) electrons. The van der Waals surface area contributed by atoms with Crippen molar-refractivity contribution < 1.29 is 19.0 Å². The Hall–Kier alpha value is -2.70. The van der Waals surface area contributed by atoms with Gasteiger partial charge in [0.1, 0.15) is 11.9 Å². The molecule has 1 aliphatic heterocycles. The van der Waals surface area contributed by atoms with Crippen LogP contribution in [0.5, 0.6) is 5.75 Å². The monoisotopic (exact) mass is 512 g/mol. The zero-order chi connectivity index (χ0) is 25.5. The molecule has 192 valence electrons. The molecule has 4 rings (SSSR count). The highest BCUT2D eigenvalue weighted by molar-refractivity contribution is 6.32. The first kappa shape index (κ1) is 26.4. The molecule has 0 spiro atoms. The third-order valence-corrected chi connectivity index (χ3v) is 7.84. The van der Waals surface area contributed by atoms with Crippen molar-refractivity contribution in [2.75, 3.05) is 26.7 Å². The van der Waals surface area contributed by atoms with Gasteiger partial charge in [-0.25, -0.2) is 4.39 Å². The van der Waals surface area contributed by atoms with Crippen molar-refractivity contribution in [3.8, 4) is 5.75 Å². The lowest BCUT2D eigenvalue weighted by atomic mass is 9.71. The van der Waals surface area contributed by atoms with E-state index in [0.717, 1.165) is 45.3 Å². The summed E-state index contributed by atoms with van der Waals surface area (Å²) >= 11 is 6.40. The molecule has 1 atom stereocenters. The standard InChI is InChI=1S/C29H34ClFN2O3/c1-36-22-9-10-26-23(18-22)28(24(30)20-32-26)25(31)11-12-29(19-27(34)35)13-16-33(17-14-29)15-5-8-21-6-3-2-4-7-21/h2-4,6-7,9-10,18,20,25H,5,8,11-17,19H2,1H3,(H,34,35)/t25-/m0/s1. The number of fused-ring (bicyclic) bond motifs is 1. The summed E-state index contributed by atoms with van der Waals surface area (Å²) in [5.41, 5.74) is 1.99. The molecule has 1 saturated heterocycles. The topological polar surface area (TPSA) is 62.7 Å². The number of rotatable bonds is 11. The van der Waals surface area contributed by atoms with E-state index in [-0.39, 0.29) is 17.9 Å². The molecule has 1 fully saturated rings. The Bertz CT molecular complexity index is 1170. The number of likely N-dealkylation sites (tertiary alicyclic amines) is 1. The van der Waals surface area contributed by atoms with E-state index in [9.17, 15) is 9.90 Å². The lowest BCUT2D eigenvalue weighted by Crippen LogP contribution is -2.41. The summed E-state index contributed by atoms with van der Waals surface area (Å²) < 4.78 is 21.0. The lowest BCUT2D eigenvalue weighted by molar-refractivity contribution is -0.141. The summed E-state index contributed by atoms with van der Waals surface area (Å²) in [6, 6.07) is 15.8. The predicted molar refractivity (Wildman–Crippen MR) is 142 cm³/mol. The molecule has 0 bridgehead atoms. The number of benzene rings is 2. The Morgan fingerprint density at radius 1 is 1.22 bits per heavy atom. The number of aliphatic carboxylic acids is 1. The van der Waals surface area contributed by atoms with Gasteiger partial charge in [-0.15, -0.1) is 0 Å². The average molecular weight is 513 g/mol. The fraction of sp³-hybridized carbons (Fsp3) is 0.448. The van der Waals surface area contributed by atoms with Crippen LogP contribution in [0, 0.1) is 5.41 Å². The Morgan fingerprint density at radius 2 is 1.97 bits per heavy atom. The van der Waals surface area contributed by atoms with E-state index >= 15 is 4.39 Å². The highest BCUT2D eigenvalue weighted by Crippen LogP contribution is 2.44. The second-order valence-electron chi connectivity index (χ2n) is 9.91. The molecule has 1 aliphatic rings. The largest absolute Gasteiger partial charge is 0.497 e. The van der Waals surface area contributed by atoms with Crippen LogP contribution in [0.25, 0.3) is 10.9 Å². The van der Waals surface area contributed by atoms with Gasteiger partial charge < -0.3 is 14.7 Å². The second-order valence-corrected chi connectivity index (χ2v) is 10.3. The molecule has 36 heavy (non-hydrogen) atoms. The number of piperidine rings is 1. The number of ether oxygens (including phenoxy) is 1. The summed E-state index contributed by atoms with van der Waals surface area (Å²) in [5, 5.41) is 10.6. The lowest BCUT2D eigenvalue weighted by Gasteiger charge is -2.41. The number of alkyl halides is 1. The molecular weight excluding hydrogens is 479 g/mol. The predicted octanol–water partition coefficient (Wildman–Crippen LogP) is 6.88. The van der Waals surface area contributed by atoms with E-state index in [1.807, 2.05) is 6.07 Å². The Balaban J connectivity index is 1.39. The van der Waals surface area contributed by atoms with Crippen molar-refractivity contribution in [1.29, 1.82) is 0 Å². The molecule has 1 aromatic heterocycles. The zero-order valence-corrected chi connectivity index (χ0v) is 21.5. The number of hydrogen-bond acceptors (Lipinski definition) is 4. The van der Waals surface area contributed by atoms with Crippen molar-refractivity contribution in [2.45, 2.75) is 51.1 Å². The van der Waals surface area contributed by atoms with Crippen LogP contribution in [0.3, 0.4) is 0 Å². The van der Waals surface area contributed by atoms with Crippen LogP contribution < -0.4 is 4.74 Å². The first-order valence-corrected chi connectivity index (χ1v) is 13.0. The van der Waals surface area contributed by atoms with Gasteiger partial charge in [0.15, 0.2) is 0 Å². The number of pyridine rings is 1. The van der Waals surface area contributed by atoms with Gasteiger partial charge in [0.25, 0.3) is 0 Å². The fourth-order valence-electron chi connectivity index (χ4n) is 5.43. The molecule has 0 amide bonds. The van der Waals surface area contributed by atoms with Gasteiger partial charge in [0, 0.05) is 17.1 Å². The highest BCUT2D eigenvalue weighted by atomic mass is 35.5. The molecule has 5 nitrogen and oxygen atoms in total. The van der Waals surface area contributed by atoms with Gasteiger partial charge in [-0.1, -0.05) is 41.9 Å². The SMILES string of the molecule is COc1ccc2ncc(Cl)c([C@@H](F)CCC3(CC(=O)O)CCN(CCCc4ccccc4)CC3)c2c1. The van der Waals surface area contributed by atoms with Crippen LogP contribution >= 0.6 is 11.6 Å². The summed E-state index contributed by atoms with van der Waals surface area (Å²) in [6.45, 7) is 2.68. The average Bonchev–Trinajstić information content (AvgIpc) is 2.88. The van der Waals surface area contributed by atoms with Crippen LogP contribution in [-0.2, 0) is 11.2 Å². The van der Waals surface area contributed by atoms with Gasteiger partial charge in [0.2, 0.25) is 0 Å². The van der Waals surface area contributed by atoms with E-state index in [2.05, 4.69) is 34.1 Å². The van der Waals surface area contributed by atoms with E-state index in [4.69, 9.17) is 16.3 Å². The third-order valence-electron chi connectivity index (χ3n) is 7.54. The number of aryl methyl sites for hydroxylation is 1. The quantitative estimate of drug-likeness (QED) is 0.303. The fourth-order valence-corrected chi connectivity index (χ4v) is 5.70. The Labute approximate surface area is 217 Å². The highest BCUT2D eigenvalue weighted by Gasteiger charge is 2.37. The number of methoxy groups -OCH3 is 1. The maximum atomic E-state index is 15.7. The summed E-state index contributed by atoms with van der Waals surface area (Å²) in [7, 11) is 1.56. The molecule has 7 heteroatoms.